The van der Waals surface area contributed by atoms with Crippen LogP contribution in [-0.4, -0.2) is 39.1 Å². The number of halogens is 3. The zero-order chi connectivity index (χ0) is 15.7. The van der Waals surface area contributed by atoms with Gasteiger partial charge in [-0.25, -0.2) is 4.79 Å². The first-order chi connectivity index (χ1) is 8.70. The summed E-state index contributed by atoms with van der Waals surface area (Å²) in [7, 11) is 0. The van der Waals surface area contributed by atoms with Crippen molar-refractivity contribution in [3.05, 3.63) is 0 Å². The van der Waals surface area contributed by atoms with Crippen LogP contribution in [0.5, 0.6) is 0 Å². The first kappa shape index (κ1) is 50.0. The maximum absolute atomic E-state index is 10.9. The van der Waals surface area contributed by atoms with Crippen molar-refractivity contribution in [3.63, 3.8) is 0 Å². The van der Waals surface area contributed by atoms with Crippen LogP contribution >= 0.6 is 61.2 Å². The minimum atomic E-state index is -1.11. The maximum Gasteiger partial charge on any atom is 0.322 e. The summed E-state index contributed by atoms with van der Waals surface area (Å²) in [6.45, 7) is 6.81. The van der Waals surface area contributed by atoms with Crippen molar-refractivity contribution in [2.24, 2.45) is 0 Å². The van der Waals surface area contributed by atoms with E-state index in [1.165, 1.54) is 6.92 Å². The molecule has 2 atom stereocenters. The van der Waals surface area contributed by atoms with Gasteiger partial charge in [0.15, 0.2) is 0 Å². The number of nitrogens with one attached hydrogen (secondary N) is 2. The maximum atomic E-state index is 10.9. The lowest BCUT2D eigenvalue weighted by atomic mass is 10.0. The molecule has 1 aliphatic rings. The van der Waals surface area contributed by atoms with Crippen LogP contribution in [-0.2, 0) is 4.79 Å². The molecule has 0 saturated carbocycles. The minimum absolute atomic E-state index is 0. The molecule has 25 heavy (non-hydrogen) atoms. The number of hydrogen-bond acceptors (Lipinski definition) is 5. The van der Waals surface area contributed by atoms with E-state index < -0.39 is 17.2 Å². The van der Waals surface area contributed by atoms with Gasteiger partial charge < -0.3 is 27.5 Å². The Morgan fingerprint density at radius 1 is 1.24 bits per heavy atom. The summed E-state index contributed by atoms with van der Waals surface area (Å²) in [6.07, 6.45) is 1.11. The van der Waals surface area contributed by atoms with Gasteiger partial charge in [0, 0.05) is 37.2 Å². The first-order valence-electron chi connectivity index (χ1n) is 5.62. The van der Waals surface area contributed by atoms with Crippen molar-refractivity contribution in [1.82, 2.24) is 16.8 Å². The Morgan fingerprint density at radius 3 is 1.68 bits per heavy atom. The van der Waals surface area contributed by atoms with E-state index in [2.05, 4.69) is 47.9 Å². The molecule has 2 unspecified atom stereocenters. The number of urea groups is 1. The number of amides is 3. The number of aliphatic hydroxyl groups is 1. The van der Waals surface area contributed by atoms with Crippen molar-refractivity contribution in [3.8, 4) is 6.07 Å². The Balaban J connectivity index is -0.0000000296. The smallest absolute Gasteiger partial charge is 0.322 e. The topological polar surface area (TPSA) is 200 Å². The van der Waals surface area contributed by atoms with Crippen LogP contribution in [0.2, 0.25) is 0 Å². The molecule has 0 aromatic rings. The quantitative estimate of drug-likeness (QED) is 0.194. The molecule has 1 aliphatic heterocycles. The number of nitriles is 1. The summed E-state index contributed by atoms with van der Waals surface area (Å²) in [5, 5.41) is 21.6. The number of carbonyl (C=O) groups is 2. The molecule has 1 saturated heterocycles. The lowest BCUT2D eigenvalue weighted by molar-refractivity contribution is -0.123. The average molecular weight is 708 g/mol. The highest BCUT2D eigenvalue weighted by molar-refractivity contribution is 15.0. The zero-order valence-electron chi connectivity index (χ0n) is 13.5. The van der Waals surface area contributed by atoms with Crippen LogP contribution < -0.4 is 16.8 Å². The van der Waals surface area contributed by atoms with Gasteiger partial charge in [0.1, 0.15) is 11.1 Å². The third-order valence-electron chi connectivity index (χ3n) is 2.75. The van der Waals surface area contributed by atoms with E-state index in [-0.39, 0.29) is 61.8 Å². The minimum Gasteiger partial charge on any atom is -0.412 e. The SMILES string of the molecule is C.C.CCC(C)(O)C#N.CCC1(C)NC(=O)NC1=O.I.II.N.O.O. The van der Waals surface area contributed by atoms with Gasteiger partial charge in [0.25, 0.3) is 5.91 Å². The fourth-order valence-corrected chi connectivity index (χ4v) is 0.908. The number of rotatable bonds is 2. The molecule has 10 N–H and O–H groups in total. The second kappa shape index (κ2) is 24.5. The third kappa shape index (κ3) is 20.6. The van der Waals surface area contributed by atoms with Crippen LogP contribution in [0.1, 0.15) is 55.4 Å². The summed E-state index contributed by atoms with van der Waals surface area (Å²) in [6, 6.07) is 1.35. The summed E-state index contributed by atoms with van der Waals surface area (Å²) < 4.78 is 0. The van der Waals surface area contributed by atoms with E-state index in [1.54, 1.807) is 19.9 Å². The summed E-state index contributed by atoms with van der Waals surface area (Å²) in [5.74, 6) is -0.236. The van der Waals surface area contributed by atoms with E-state index in [1.807, 2.05) is 6.92 Å². The van der Waals surface area contributed by atoms with Crippen LogP contribution in [0.4, 0.5) is 4.79 Å². The Morgan fingerprint density at radius 2 is 1.60 bits per heavy atom. The lowest BCUT2D eigenvalue weighted by Crippen LogP contribution is -2.42. The van der Waals surface area contributed by atoms with Crippen molar-refractivity contribution in [2.45, 2.75) is 66.5 Å². The largest absolute Gasteiger partial charge is 0.412 e. The van der Waals surface area contributed by atoms with Gasteiger partial charge in [-0.1, -0.05) is 28.7 Å². The average Bonchev–Trinajstić information content (AvgIpc) is 2.67. The standard InChI is InChI=1S/C6H10N2O2.C5H9NO.2CH4.I2.HI.H3N.2H2O/c1-3-6(2)4(9)7-5(10)8-6;1-3-5(2,7)4-6;;;1-2;;;;/h3H2,1-2H3,(H2,7,8,9,10);7H,3H2,1-2H3;2*1H4;;1H;1H3;2*1H2. The van der Waals surface area contributed by atoms with Crippen LogP contribution in [0, 0.1) is 11.3 Å². The molecule has 0 aliphatic carbocycles. The van der Waals surface area contributed by atoms with Crippen molar-refractivity contribution < 1.29 is 25.6 Å². The second-order valence-electron chi connectivity index (χ2n) is 4.33. The zero-order valence-corrected chi connectivity index (χ0v) is 20.1. The molecule has 0 aromatic heterocycles. The van der Waals surface area contributed by atoms with Gasteiger partial charge in [-0.15, -0.1) is 24.0 Å². The van der Waals surface area contributed by atoms with Gasteiger partial charge in [-0.2, -0.15) is 5.26 Å². The van der Waals surface area contributed by atoms with E-state index in [9.17, 15) is 9.59 Å². The number of nitrogens with zero attached hydrogens (tertiary/aromatic N) is 1. The second-order valence-corrected chi connectivity index (χ2v) is 4.33. The predicted molar refractivity (Wildman–Crippen MR) is 131 cm³/mol. The molecule has 12 heteroatoms. The molecule has 1 fully saturated rings. The normalized spacial score (nSPS) is 17.8. The molecule has 0 spiro atoms. The fourth-order valence-electron chi connectivity index (χ4n) is 0.908. The van der Waals surface area contributed by atoms with Crippen LogP contribution in [0.15, 0.2) is 0 Å². The molecule has 1 heterocycles. The molecule has 0 aromatic carbocycles. The summed E-state index contributed by atoms with van der Waals surface area (Å²) in [4.78, 5) is 21.5. The molecular weight excluding hydrogens is 673 g/mol. The summed E-state index contributed by atoms with van der Waals surface area (Å²) >= 11 is 4.24. The van der Waals surface area contributed by atoms with Gasteiger partial charge in [-0.05, 0) is 26.7 Å². The van der Waals surface area contributed by atoms with Crippen LogP contribution in [0.3, 0.4) is 0 Å². The van der Waals surface area contributed by atoms with E-state index >= 15 is 0 Å². The monoisotopic (exact) mass is 708 g/mol. The molecule has 9 nitrogen and oxygen atoms in total. The molecular formula is C13H35I3N4O5. The fraction of sp³-hybridized carbons (Fsp3) is 0.769. The van der Waals surface area contributed by atoms with E-state index in [4.69, 9.17) is 10.4 Å². The highest BCUT2D eigenvalue weighted by atomic mass is 128. The lowest BCUT2D eigenvalue weighted by Gasteiger charge is -2.16. The third-order valence-corrected chi connectivity index (χ3v) is 2.75. The van der Waals surface area contributed by atoms with Gasteiger partial charge >= 0.3 is 6.03 Å². The molecule has 1 rings (SSSR count). The number of carbonyl (C=O) groups excluding carboxylic acids is 2. The number of imide groups is 1. The Labute approximate surface area is 192 Å². The Kier molecular flexibility index (Phi) is 48.9. The van der Waals surface area contributed by atoms with E-state index in [0.29, 0.717) is 12.8 Å². The molecule has 158 valence electrons. The van der Waals surface area contributed by atoms with E-state index in [0.717, 1.165) is 0 Å². The number of hydrogen-bond donors (Lipinski definition) is 4. The van der Waals surface area contributed by atoms with Crippen LogP contribution in [0.25, 0.3) is 0 Å². The predicted octanol–water partition coefficient (Wildman–Crippen LogP) is 2.84. The Hall–Kier alpha value is 0.460. The Bertz CT molecular complexity index is 368. The molecule has 0 radical (unpaired) electrons. The van der Waals surface area contributed by atoms with Crippen molar-refractivity contribution >= 4 is 73.1 Å². The molecule has 0 bridgehead atoms. The van der Waals surface area contributed by atoms with Crippen molar-refractivity contribution in [1.29, 1.82) is 5.26 Å². The van der Waals surface area contributed by atoms with Gasteiger partial charge in [0.05, 0.1) is 6.07 Å². The van der Waals surface area contributed by atoms with Gasteiger partial charge in [0.2, 0.25) is 0 Å². The highest BCUT2D eigenvalue weighted by Gasteiger charge is 2.39. The van der Waals surface area contributed by atoms with Gasteiger partial charge in [-0.3, -0.25) is 10.1 Å². The highest BCUT2D eigenvalue weighted by Crippen LogP contribution is 2.12. The van der Waals surface area contributed by atoms with Crippen molar-refractivity contribution in [2.75, 3.05) is 0 Å². The summed E-state index contributed by atoms with van der Waals surface area (Å²) in [5.41, 5.74) is -1.79. The first-order valence-corrected chi connectivity index (χ1v) is 11.9. The molecule has 3 amide bonds.